The molecule has 2 rings (SSSR count). The minimum atomic E-state index is 0.236. The minimum absolute atomic E-state index is 0.236. The van der Waals surface area contributed by atoms with Gasteiger partial charge in [0, 0.05) is 6.04 Å². The predicted octanol–water partition coefficient (Wildman–Crippen LogP) is 5.10. The van der Waals surface area contributed by atoms with Crippen LogP contribution in [0.1, 0.15) is 70.0 Å². The summed E-state index contributed by atoms with van der Waals surface area (Å²) < 4.78 is 0. The first-order valence-electron chi connectivity index (χ1n) is 8.46. The van der Waals surface area contributed by atoms with Crippen molar-refractivity contribution in [2.75, 3.05) is 0 Å². The van der Waals surface area contributed by atoms with Crippen LogP contribution in [0.15, 0.2) is 24.3 Å². The van der Waals surface area contributed by atoms with Gasteiger partial charge in [0.2, 0.25) is 0 Å². The fourth-order valence-corrected chi connectivity index (χ4v) is 3.69. The van der Waals surface area contributed by atoms with Crippen LogP contribution in [0.4, 0.5) is 0 Å². The Morgan fingerprint density at radius 3 is 2.35 bits per heavy atom. The molecule has 0 spiro atoms. The molecule has 20 heavy (non-hydrogen) atoms. The average Bonchev–Trinajstić information content (AvgIpc) is 2.47. The first kappa shape index (κ1) is 15.6. The van der Waals surface area contributed by atoms with E-state index in [0.29, 0.717) is 5.92 Å². The van der Waals surface area contributed by atoms with E-state index >= 15 is 0 Å². The Labute approximate surface area is 125 Å². The van der Waals surface area contributed by atoms with E-state index < -0.39 is 0 Å². The number of rotatable bonds is 5. The zero-order valence-corrected chi connectivity index (χ0v) is 13.4. The maximum Gasteiger partial charge on any atom is 0.0323 e. The van der Waals surface area contributed by atoms with E-state index in [-0.39, 0.29) is 6.04 Å². The molecule has 112 valence electrons. The molecule has 0 aliphatic heterocycles. The lowest BCUT2D eigenvalue weighted by Crippen LogP contribution is -2.27. The van der Waals surface area contributed by atoms with E-state index in [1.807, 2.05) is 0 Å². The van der Waals surface area contributed by atoms with E-state index in [0.717, 1.165) is 11.8 Å². The third-order valence-corrected chi connectivity index (χ3v) is 5.14. The minimum Gasteiger partial charge on any atom is -0.324 e. The van der Waals surface area contributed by atoms with E-state index in [2.05, 4.69) is 45.0 Å². The summed E-state index contributed by atoms with van der Waals surface area (Å²) in [4.78, 5) is 0. The maximum atomic E-state index is 6.56. The molecule has 1 unspecified atom stereocenters. The lowest BCUT2D eigenvalue weighted by Gasteiger charge is -2.34. The molecule has 1 heteroatoms. The van der Waals surface area contributed by atoms with Crippen LogP contribution < -0.4 is 5.73 Å². The number of aryl methyl sites for hydroxylation is 1. The number of hydrogen-bond acceptors (Lipinski definition) is 1. The third-order valence-electron chi connectivity index (χ3n) is 5.14. The van der Waals surface area contributed by atoms with Crippen LogP contribution in [-0.4, -0.2) is 0 Å². The van der Waals surface area contributed by atoms with Crippen LogP contribution in [0, 0.1) is 17.8 Å². The van der Waals surface area contributed by atoms with Gasteiger partial charge in [0.15, 0.2) is 0 Å². The highest BCUT2D eigenvalue weighted by molar-refractivity contribution is 5.26. The topological polar surface area (TPSA) is 26.0 Å². The van der Waals surface area contributed by atoms with Gasteiger partial charge in [-0.15, -0.1) is 0 Å². The Kier molecular flexibility index (Phi) is 5.65. The summed E-state index contributed by atoms with van der Waals surface area (Å²) in [6.45, 7) is 6.96. The van der Waals surface area contributed by atoms with Gasteiger partial charge < -0.3 is 5.73 Å². The second-order valence-electron chi connectivity index (χ2n) is 6.94. The summed E-state index contributed by atoms with van der Waals surface area (Å²) in [5.41, 5.74) is 9.35. The number of nitrogens with two attached hydrogens (primary N) is 1. The van der Waals surface area contributed by atoms with E-state index in [9.17, 15) is 0 Å². The quantitative estimate of drug-likeness (QED) is 0.793. The van der Waals surface area contributed by atoms with Crippen LogP contribution in [0.25, 0.3) is 0 Å². The van der Waals surface area contributed by atoms with Gasteiger partial charge in [-0.3, -0.25) is 0 Å². The molecule has 1 fully saturated rings. The summed E-state index contributed by atoms with van der Waals surface area (Å²) in [7, 11) is 0. The molecule has 1 atom stereocenters. The van der Waals surface area contributed by atoms with Crippen LogP contribution >= 0.6 is 0 Å². The monoisotopic (exact) mass is 273 g/mol. The fourth-order valence-electron chi connectivity index (χ4n) is 3.69. The normalized spacial score (nSPS) is 24.9. The SMILES string of the molecule is CCCc1cccc(C(N)C2CCC(C(C)C)CC2)c1. The Balaban J connectivity index is 1.98. The Morgan fingerprint density at radius 1 is 1.10 bits per heavy atom. The maximum absolute atomic E-state index is 6.56. The van der Waals surface area contributed by atoms with E-state index in [1.165, 1.54) is 49.7 Å². The summed E-state index contributed by atoms with van der Waals surface area (Å²) in [6.07, 6.45) is 7.72. The summed E-state index contributed by atoms with van der Waals surface area (Å²) in [6, 6.07) is 9.20. The molecular weight excluding hydrogens is 242 g/mol. The van der Waals surface area contributed by atoms with Gasteiger partial charge in [0.1, 0.15) is 0 Å². The molecule has 2 N–H and O–H groups in total. The highest BCUT2D eigenvalue weighted by atomic mass is 14.7. The Bertz CT molecular complexity index is 402. The first-order chi connectivity index (χ1) is 9.61. The van der Waals surface area contributed by atoms with Crippen LogP contribution in [-0.2, 0) is 6.42 Å². The van der Waals surface area contributed by atoms with Crippen molar-refractivity contribution in [2.45, 2.75) is 65.3 Å². The molecule has 0 radical (unpaired) electrons. The molecular formula is C19H31N. The molecule has 1 saturated carbocycles. The van der Waals surface area contributed by atoms with Crippen LogP contribution in [0.2, 0.25) is 0 Å². The summed E-state index contributed by atoms with van der Waals surface area (Å²) in [5.74, 6) is 2.44. The summed E-state index contributed by atoms with van der Waals surface area (Å²) in [5, 5.41) is 0. The van der Waals surface area contributed by atoms with Gasteiger partial charge in [-0.2, -0.15) is 0 Å². The van der Waals surface area contributed by atoms with Gasteiger partial charge in [-0.1, -0.05) is 51.5 Å². The number of hydrogen-bond donors (Lipinski definition) is 1. The molecule has 1 aromatic rings. The first-order valence-corrected chi connectivity index (χ1v) is 8.46. The molecule has 1 aliphatic rings. The molecule has 0 bridgehead atoms. The Hall–Kier alpha value is -0.820. The van der Waals surface area contributed by atoms with Crippen molar-refractivity contribution in [3.05, 3.63) is 35.4 Å². The standard InChI is InChI=1S/C19H31N/c1-4-6-15-7-5-8-18(13-15)19(20)17-11-9-16(10-12-17)14(2)3/h5,7-8,13-14,16-17,19H,4,6,9-12,20H2,1-3H3. The Morgan fingerprint density at radius 2 is 1.75 bits per heavy atom. The second-order valence-corrected chi connectivity index (χ2v) is 6.94. The molecule has 0 saturated heterocycles. The summed E-state index contributed by atoms with van der Waals surface area (Å²) >= 11 is 0. The highest BCUT2D eigenvalue weighted by Gasteiger charge is 2.27. The van der Waals surface area contributed by atoms with Crippen molar-refractivity contribution in [1.29, 1.82) is 0 Å². The molecule has 0 aromatic heterocycles. The van der Waals surface area contributed by atoms with Gasteiger partial charge in [0.25, 0.3) is 0 Å². The fraction of sp³-hybridized carbons (Fsp3) is 0.684. The van der Waals surface area contributed by atoms with Gasteiger partial charge in [-0.05, 0) is 61.0 Å². The zero-order chi connectivity index (χ0) is 14.5. The smallest absolute Gasteiger partial charge is 0.0323 e. The highest BCUT2D eigenvalue weighted by Crippen LogP contribution is 2.38. The second kappa shape index (κ2) is 7.26. The average molecular weight is 273 g/mol. The van der Waals surface area contributed by atoms with Crippen molar-refractivity contribution in [1.82, 2.24) is 0 Å². The third kappa shape index (κ3) is 3.85. The lowest BCUT2D eigenvalue weighted by atomic mass is 9.73. The van der Waals surface area contributed by atoms with Crippen molar-refractivity contribution >= 4 is 0 Å². The van der Waals surface area contributed by atoms with E-state index in [1.54, 1.807) is 0 Å². The molecule has 1 aromatic carbocycles. The molecule has 0 amide bonds. The van der Waals surface area contributed by atoms with Crippen molar-refractivity contribution in [3.8, 4) is 0 Å². The molecule has 0 heterocycles. The van der Waals surface area contributed by atoms with Crippen molar-refractivity contribution in [2.24, 2.45) is 23.5 Å². The van der Waals surface area contributed by atoms with E-state index in [4.69, 9.17) is 5.73 Å². The molecule has 1 aliphatic carbocycles. The van der Waals surface area contributed by atoms with Crippen LogP contribution in [0.3, 0.4) is 0 Å². The number of benzene rings is 1. The van der Waals surface area contributed by atoms with Gasteiger partial charge in [0.05, 0.1) is 0 Å². The van der Waals surface area contributed by atoms with Crippen molar-refractivity contribution < 1.29 is 0 Å². The van der Waals surface area contributed by atoms with Gasteiger partial charge in [-0.25, -0.2) is 0 Å². The zero-order valence-electron chi connectivity index (χ0n) is 13.4. The van der Waals surface area contributed by atoms with Crippen molar-refractivity contribution in [3.63, 3.8) is 0 Å². The lowest BCUT2D eigenvalue weighted by molar-refractivity contribution is 0.203. The van der Waals surface area contributed by atoms with Gasteiger partial charge >= 0.3 is 0 Å². The van der Waals surface area contributed by atoms with Crippen LogP contribution in [0.5, 0.6) is 0 Å². The predicted molar refractivity (Wildman–Crippen MR) is 87.7 cm³/mol. The molecule has 1 nitrogen and oxygen atoms in total. The largest absolute Gasteiger partial charge is 0.324 e.